The van der Waals surface area contributed by atoms with Crippen molar-refractivity contribution in [2.45, 2.75) is 18.9 Å². The zero-order chi connectivity index (χ0) is 15.6. The third kappa shape index (κ3) is 2.70. The van der Waals surface area contributed by atoms with Gasteiger partial charge in [0.05, 0.1) is 13.2 Å². The number of carbonyl (C=O) groups excluding carboxylic acids is 1. The van der Waals surface area contributed by atoms with Crippen LogP contribution in [0.15, 0.2) is 48.5 Å². The van der Waals surface area contributed by atoms with Crippen LogP contribution in [0.25, 0.3) is 0 Å². The lowest BCUT2D eigenvalue weighted by Gasteiger charge is -2.34. The fourth-order valence-electron chi connectivity index (χ4n) is 2.77. The van der Waals surface area contributed by atoms with Crippen LogP contribution in [0.2, 0.25) is 0 Å². The summed E-state index contributed by atoms with van der Waals surface area (Å²) in [5.74, 6) is 0.511. The Morgan fingerprint density at radius 3 is 2.77 bits per heavy atom. The molecule has 0 aliphatic carbocycles. The average Bonchev–Trinajstić information content (AvgIpc) is 2.54. The standard InChI is InChI=1S/C18H19NO3/c1-13-6-2-3-7-14(13)17(20)19-12-18(21)10-11-22-16-9-5-4-8-15(16)18/h2-9,21H,10-12H2,1H3,(H,19,20)/t18-/m0/s1. The van der Waals surface area contributed by atoms with E-state index < -0.39 is 5.60 Å². The summed E-state index contributed by atoms with van der Waals surface area (Å²) in [5, 5.41) is 13.7. The summed E-state index contributed by atoms with van der Waals surface area (Å²) in [6, 6.07) is 14.8. The maximum absolute atomic E-state index is 12.3. The van der Waals surface area contributed by atoms with Crippen LogP contribution in [0.4, 0.5) is 0 Å². The molecule has 3 rings (SSSR count). The number of hydrogen-bond acceptors (Lipinski definition) is 3. The van der Waals surface area contributed by atoms with Crippen LogP contribution < -0.4 is 10.1 Å². The summed E-state index contributed by atoms with van der Waals surface area (Å²) >= 11 is 0. The van der Waals surface area contributed by atoms with Crippen molar-refractivity contribution in [1.82, 2.24) is 5.32 Å². The van der Waals surface area contributed by atoms with E-state index in [2.05, 4.69) is 5.32 Å². The number of amides is 1. The minimum absolute atomic E-state index is 0.167. The number of nitrogens with one attached hydrogen (secondary N) is 1. The molecular formula is C18H19NO3. The Balaban J connectivity index is 1.77. The highest BCUT2D eigenvalue weighted by Gasteiger charge is 2.35. The van der Waals surface area contributed by atoms with Crippen LogP contribution in [-0.2, 0) is 5.60 Å². The minimum atomic E-state index is -1.09. The lowest BCUT2D eigenvalue weighted by molar-refractivity contribution is -0.00161. The van der Waals surface area contributed by atoms with Gasteiger partial charge in [0.1, 0.15) is 11.4 Å². The third-order valence-corrected chi connectivity index (χ3v) is 4.09. The predicted octanol–water partition coefficient (Wildman–Crippen LogP) is 2.40. The van der Waals surface area contributed by atoms with Crippen LogP contribution in [0.5, 0.6) is 5.75 Å². The van der Waals surface area contributed by atoms with Gasteiger partial charge in [0.15, 0.2) is 0 Å². The monoisotopic (exact) mass is 297 g/mol. The maximum atomic E-state index is 12.3. The molecule has 22 heavy (non-hydrogen) atoms. The zero-order valence-corrected chi connectivity index (χ0v) is 12.5. The van der Waals surface area contributed by atoms with Crippen LogP contribution in [0.1, 0.15) is 27.9 Å². The smallest absolute Gasteiger partial charge is 0.251 e. The Hall–Kier alpha value is -2.33. The number of fused-ring (bicyclic) bond motifs is 1. The quantitative estimate of drug-likeness (QED) is 0.914. The van der Waals surface area contributed by atoms with Gasteiger partial charge in [0.2, 0.25) is 0 Å². The van der Waals surface area contributed by atoms with E-state index in [1.807, 2.05) is 49.4 Å². The number of hydrogen-bond donors (Lipinski definition) is 2. The fraction of sp³-hybridized carbons (Fsp3) is 0.278. The molecule has 0 aromatic heterocycles. The van der Waals surface area contributed by atoms with E-state index in [0.717, 1.165) is 11.1 Å². The molecule has 0 unspecified atom stereocenters. The van der Waals surface area contributed by atoms with Gasteiger partial charge in [-0.15, -0.1) is 0 Å². The van der Waals surface area contributed by atoms with E-state index in [9.17, 15) is 9.90 Å². The van der Waals surface area contributed by atoms with Crippen molar-refractivity contribution in [3.8, 4) is 5.75 Å². The first-order chi connectivity index (χ1) is 10.6. The zero-order valence-electron chi connectivity index (χ0n) is 12.5. The number of para-hydroxylation sites is 1. The van der Waals surface area contributed by atoms with Gasteiger partial charge in [-0.05, 0) is 24.6 Å². The van der Waals surface area contributed by atoms with Crippen molar-refractivity contribution in [3.63, 3.8) is 0 Å². The molecule has 0 radical (unpaired) electrons. The van der Waals surface area contributed by atoms with Gasteiger partial charge >= 0.3 is 0 Å². The predicted molar refractivity (Wildman–Crippen MR) is 84.0 cm³/mol. The minimum Gasteiger partial charge on any atom is -0.493 e. The van der Waals surface area contributed by atoms with Crippen molar-refractivity contribution in [1.29, 1.82) is 0 Å². The van der Waals surface area contributed by atoms with E-state index in [4.69, 9.17) is 4.74 Å². The summed E-state index contributed by atoms with van der Waals surface area (Å²) in [6.45, 7) is 2.50. The molecule has 0 spiro atoms. The molecule has 2 aromatic rings. The molecule has 2 N–H and O–H groups in total. The largest absolute Gasteiger partial charge is 0.493 e. The van der Waals surface area contributed by atoms with E-state index in [-0.39, 0.29) is 12.5 Å². The third-order valence-electron chi connectivity index (χ3n) is 4.09. The Kier molecular flexibility index (Phi) is 3.86. The first kappa shape index (κ1) is 14.6. The Labute approximate surface area is 129 Å². The van der Waals surface area contributed by atoms with Crippen molar-refractivity contribution < 1.29 is 14.6 Å². The lowest BCUT2D eigenvalue weighted by Crippen LogP contribution is -2.44. The molecule has 1 atom stereocenters. The van der Waals surface area contributed by atoms with Crippen LogP contribution in [-0.4, -0.2) is 24.2 Å². The molecule has 4 nitrogen and oxygen atoms in total. The topological polar surface area (TPSA) is 58.6 Å². The van der Waals surface area contributed by atoms with Gasteiger partial charge in [-0.25, -0.2) is 0 Å². The second-order valence-electron chi connectivity index (χ2n) is 5.62. The Morgan fingerprint density at radius 1 is 1.23 bits per heavy atom. The van der Waals surface area contributed by atoms with Gasteiger partial charge in [0.25, 0.3) is 5.91 Å². The number of aliphatic hydroxyl groups is 1. The van der Waals surface area contributed by atoms with Gasteiger partial charge in [-0.3, -0.25) is 4.79 Å². The SMILES string of the molecule is Cc1ccccc1C(=O)NC[C@@]1(O)CCOc2ccccc21. The highest BCUT2D eigenvalue weighted by Crippen LogP contribution is 2.36. The summed E-state index contributed by atoms with van der Waals surface area (Å²) < 4.78 is 5.56. The van der Waals surface area contributed by atoms with Gasteiger partial charge in [-0.2, -0.15) is 0 Å². The molecule has 4 heteroatoms. The van der Waals surface area contributed by atoms with Crippen LogP contribution in [0, 0.1) is 6.92 Å². The molecule has 1 aliphatic rings. The summed E-state index contributed by atoms with van der Waals surface area (Å²) in [5.41, 5.74) is 1.19. The molecule has 114 valence electrons. The first-order valence-electron chi connectivity index (χ1n) is 7.39. The van der Waals surface area contributed by atoms with E-state index in [1.54, 1.807) is 6.07 Å². The van der Waals surface area contributed by atoms with E-state index >= 15 is 0 Å². The summed E-state index contributed by atoms with van der Waals surface area (Å²) in [7, 11) is 0. The summed E-state index contributed by atoms with van der Waals surface area (Å²) in [4.78, 5) is 12.3. The molecule has 0 fully saturated rings. The Morgan fingerprint density at radius 2 is 1.95 bits per heavy atom. The molecule has 2 aromatic carbocycles. The van der Waals surface area contributed by atoms with Gasteiger partial charge in [-0.1, -0.05) is 36.4 Å². The molecular weight excluding hydrogens is 278 g/mol. The molecule has 1 heterocycles. The van der Waals surface area contributed by atoms with E-state index in [1.165, 1.54) is 0 Å². The van der Waals surface area contributed by atoms with Crippen molar-refractivity contribution >= 4 is 5.91 Å². The van der Waals surface area contributed by atoms with Crippen LogP contribution >= 0.6 is 0 Å². The number of carbonyl (C=O) groups is 1. The van der Waals surface area contributed by atoms with Crippen molar-refractivity contribution in [3.05, 3.63) is 65.2 Å². The second-order valence-corrected chi connectivity index (χ2v) is 5.62. The molecule has 1 aliphatic heterocycles. The van der Waals surface area contributed by atoms with Gasteiger partial charge < -0.3 is 15.2 Å². The van der Waals surface area contributed by atoms with Crippen LogP contribution in [0.3, 0.4) is 0 Å². The average molecular weight is 297 g/mol. The molecule has 0 bridgehead atoms. The second kappa shape index (κ2) is 5.81. The molecule has 1 amide bonds. The normalized spacial score (nSPS) is 19.9. The number of ether oxygens (including phenoxy) is 1. The van der Waals surface area contributed by atoms with E-state index in [0.29, 0.717) is 24.3 Å². The number of aryl methyl sites for hydroxylation is 1. The maximum Gasteiger partial charge on any atom is 0.251 e. The fourth-order valence-corrected chi connectivity index (χ4v) is 2.77. The highest BCUT2D eigenvalue weighted by atomic mass is 16.5. The lowest BCUT2D eigenvalue weighted by atomic mass is 9.88. The molecule has 0 saturated carbocycles. The first-order valence-corrected chi connectivity index (χ1v) is 7.39. The Bertz CT molecular complexity index is 698. The van der Waals surface area contributed by atoms with Crippen molar-refractivity contribution in [2.24, 2.45) is 0 Å². The van der Waals surface area contributed by atoms with Gasteiger partial charge in [0, 0.05) is 17.5 Å². The number of rotatable bonds is 3. The van der Waals surface area contributed by atoms with Crippen molar-refractivity contribution in [2.75, 3.05) is 13.2 Å². The summed E-state index contributed by atoms with van der Waals surface area (Å²) in [6.07, 6.45) is 0.456. The number of benzene rings is 2. The molecule has 0 saturated heterocycles. The highest BCUT2D eigenvalue weighted by molar-refractivity contribution is 5.95.